The van der Waals surface area contributed by atoms with Crippen LogP contribution < -0.4 is 0 Å². The molecule has 0 spiro atoms. The third kappa shape index (κ3) is 3.76. The lowest BCUT2D eigenvalue weighted by Crippen LogP contribution is -2.32. The molecule has 0 amide bonds. The average Bonchev–Trinajstić information content (AvgIpc) is 3.02. The fourth-order valence-electron chi connectivity index (χ4n) is 2.94. The normalized spacial score (nSPS) is 16.4. The van der Waals surface area contributed by atoms with Crippen molar-refractivity contribution in [3.63, 3.8) is 0 Å². The van der Waals surface area contributed by atoms with E-state index in [9.17, 15) is 4.79 Å². The van der Waals surface area contributed by atoms with Crippen molar-refractivity contribution in [1.29, 1.82) is 0 Å². The van der Waals surface area contributed by atoms with Crippen molar-refractivity contribution in [2.75, 3.05) is 20.2 Å². The second kappa shape index (κ2) is 6.91. The predicted molar refractivity (Wildman–Crippen MR) is 84.1 cm³/mol. The van der Waals surface area contributed by atoms with E-state index in [1.54, 1.807) is 0 Å². The number of aryl methyl sites for hydroxylation is 1. The molecule has 122 valence electrons. The molecule has 23 heavy (non-hydrogen) atoms. The second-order valence-electron chi connectivity index (χ2n) is 5.92. The summed E-state index contributed by atoms with van der Waals surface area (Å²) in [7, 11) is 1.39. The SMILES string of the molecule is COC(=O)c1ccc(CN2CCC(c3nc(C)no3)CC2)cc1. The van der Waals surface area contributed by atoms with Crippen molar-refractivity contribution < 1.29 is 14.1 Å². The summed E-state index contributed by atoms with van der Waals surface area (Å²) in [5.41, 5.74) is 1.78. The summed E-state index contributed by atoms with van der Waals surface area (Å²) in [5, 5.41) is 3.87. The molecule has 0 N–H and O–H groups in total. The molecule has 2 aromatic rings. The largest absolute Gasteiger partial charge is 0.465 e. The molecule has 0 saturated carbocycles. The number of nitrogens with zero attached hydrogens (tertiary/aromatic N) is 3. The van der Waals surface area contributed by atoms with Gasteiger partial charge < -0.3 is 9.26 Å². The highest BCUT2D eigenvalue weighted by molar-refractivity contribution is 5.89. The van der Waals surface area contributed by atoms with E-state index in [1.807, 2.05) is 31.2 Å². The highest BCUT2D eigenvalue weighted by Gasteiger charge is 2.24. The Balaban J connectivity index is 1.53. The first-order chi connectivity index (χ1) is 11.2. The minimum absolute atomic E-state index is 0.299. The zero-order valence-electron chi connectivity index (χ0n) is 13.5. The molecule has 1 aromatic heterocycles. The molecule has 1 saturated heterocycles. The molecular formula is C17H21N3O3. The lowest BCUT2D eigenvalue weighted by molar-refractivity contribution is 0.0600. The number of likely N-dealkylation sites (tertiary alicyclic amines) is 1. The molecular weight excluding hydrogens is 294 g/mol. The van der Waals surface area contributed by atoms with Gasteiger partial charge in [-0.05, 0) is 50.6 Å². The Morgan fingerprint density at radius 1 is 1.30 bits per heavy atom. The lowest BCUT2D eigenvalue weighted by Gasteiger charge is -2.30. The number of esters is 1. The standard InChI is InChI=1S/C17H21N3O3/c1-12-18-16(23-19-12)14-7-9-20(10-8-14)11-13-3-5-15(6-4-13)17(21)22-2/h3-6,14H,7-11H2,1-2H3. The minimum atomic E-state index is -0.299. The molecule has 1 fully saturated rings. The molecule has 0 radical (unpaired) electrons. The van der Waals surface area contributed by atoms with E-state index < -0.39 is 0 Å². The van der Waals surface area contributed by atoms with Crippen LogP contribution in [0.15, 0.2) is 28.8 Å². The molecule has 6 heteroatoms. The predicted octanol–water partition coefficient (Wildman–Crippen LogP) is 2.54. The fourth-order valence-corrected chi connectivity index (χ4v) is 2.94. The number of aromatic nitrogens is 2. The maximum Gasteiger partial charge on any atom is 0.337 e. The highest BCUT2D eigenvalue weighted by atomic mass is 16.5. The maximum absolute atomic E-state index is 11.4. The number of carbonyl (C=O) groups is 1. The second-order valence-corrected chi connectivity index (χ2v) is 5.92. The number of piperidine rings is 1. The number of benzene rings is 1. The maximum atomic E-state index is 11.4. The molecule has 1 aliphatic heterocycles. The molecule has 3 rings (SSSR count). The molecule has 0 atom stereocenters. The number of carbonyl (C=O) groups excluding carboxylic acids is 1. The highest BCUT2D eigenvalue weighted by Crippen LogP contribution is 2.27. The van der Waals surface area contributed by atoms with Crippen LogP contribution in [0.3, 0.4) is 0 Å². The van der Waals surface area contributed by atoms with Crippen LogP contribution in [-0.4, -0.2) is 41.2 Å². The van der Waals surface area contributed by atoms with Gasteiger partial charge in [-0.1, -0.05) is 17.3 Å². The Morgan fingerprint density at radius 2 is 2.00 bits per heavy atom. The first-order valence-corrected chi connectivity index (χ1v) is 7.85. The van der Waals surface area contributed by atoms with Crippen LogP contribution in [0.2, 0.25) is 0 Å². The third-order valence-corrected chi connectivity index (χ3v) is 4.26. The van der Waals surface area contributed by atoms with Gasteiger partial charge in [-0.3, -0.25) is 4.90 Å². The van der Waals surface area contributed by atoms with Crippen LogP contribution in [0, 0.1) is 6.92 Å². The van der Waals surface area contributed by atoms with Gasteiger partial charge in [-0.25, -0.2) is 4.79 Å². The van der Waals surface area contributed by atoms with Gasteiger partial charge in [0.2, 0.25) is 5.89 Å². The van der Waals surface area contributed by atoms with Crippen LogP contribution >= 0.6 is 0 Å². The minimum Gasteiger partial charge on any atom is -0.465 e. The van der Waals surface area contributed by atoms with E-state index in [0.29, 0.717) is 17.3 Å². The number of hydrogen-bond acceptors (Lipinski definition) is 6. The molecule has 6 nitrogen and oxygen atoms in total. The van der Waals surface area contributed by atoms with Crippen molar-refractivity contribution in [2.45, 2.75) is 32.2 Å². The molecule has 0 aliphatic carbocycles. The summed E-state index contributed by atoms with van der Waals surface area (Å²) < 4.78 is 9.99. The summed E-state index contributed by atoms with van der Waals surface area (Å²) >= 11 is 0. The Hall–Kier alpha value is -2.21. The van der Waals surface area contributed by atoms with Gasteiger partial charge in [0.05, 0.1) is 12.7 Å². The Bertz CT molecular complexity index is 658. The summed E-state index contributed by atoms with van der Waals surface area (Å²) in [6, 6.07) is 7.60. The number of rotatable bonds is 4. The zero-order valence-corrected chi connectivity index (χ0v) is 13.5. The van der Waals surface area contributed by atoms with Crippen molar-refractivity contribution in [3.8, 4) is 0 Å². The Morgan fingerprint density at radius 3 is 2.57 bits per heavy atom. The van der Waals surface area contributed by atoms with Gasteiger partial charge >= 0.3 is 5.97 Å². The van der Waals surface area contributed by atoms with E-state index in [4.69, 9.17) is 9.26 Å². The van der Waals surface area contributed by atoms with Gasteiger partial charge in [0.1, 0.15) is 0 Å². The van der Waals surface area contributed by atoms with E-state index in [0.717, 1.165) is 38.4 Å². The first-order valence-electron chi connectivity index (χ1n) is 7.85. The van der Waals surface area contributed by atoms with Gasteiger partial charge in [0.25, 0.3) is 0 Å². The van der Waals surface area contributed by atoms with Gasteiger partial charge in [-0.2, -0.15) is 4.98 Å². The molecule has 1 aliphatic rings. The Kier molecular flexibility index (Phi) is 4.71. The molecule has 0 unspecified atom stereocenters. The lowest BCUT2D eigenvalue weighted by atomic mass is 9.96. The van der Waals surface area contributed by atoms with Crippen LogP contribution in [0.4, 0.5) is 0 Å². The van der Waals surface area contributed by atoms with E-state index in [-0.39, 0.29) is 5.97 Å². The average molecular weight is 315 g/mol. The fraction of sp³-hybridized carbons (Fsp3) is 0.471. The molecule has 1 aromatic carbocycles. The van der Waals surface area contributed by atoms with E-state index in [2.05, 4.69) is 15.0 Å². The molecule has 0 bridgehead atoms. The quantitative estimate of drug-likeness (QED) is 0.808. The van der Waals surface area contributed by atoms with Crippen LogP contribution in [-0.2, 0) is 11.3 Å². The summed E-state index contributed by atoms with van der Waals surface area (Å²) in [5.74, 6) is 1.54. The van der Waals surface area contributed by atoms with Crippen molar-refractivity contribution in [1.82, 2.24) is 15.0 Å². The van der Waals surface area contributed by atoms with Crippen molar-refractivity contribution in [3.05, 3.63) is 47.1 Å². The van der Waals surface area contributed by atoms with Crippen molar-refractivity contribution in [2.24, 2.45) is 0 Å². The van der Waals surface area contributed by atoms with Crippen LogP contribution in [0.1, 0.15) is 46.4 Å². The third-order valence-electron chi connectivity index (χ3n) is 4.26. The molecule has 2 heterocycles. The smallest absolute Gasteiger partial charge is 0.337 e. The summed E-state index contributed by atoms with van der Waals surface area (Å²) in [6.07, 6.45) is 2.06. The van der Waals surface area contributed by atoms with E-state index >= 15 is 0 Å². The monoisotopic (exact) mass is 315 g/mol. The van der Waals surface area contributed by atoms with Crippen molar-refractivity contribution >= 4 is 5.97 Å². The van der Waals surface area contributed by atoms with Gasteiger partial charge in [0.15, 0.2) is 5.82 Å². The summed E-state index contributed by atoms with van der Waals surface area (Å²) in [6.45, 7) is 4.74. The van der Waals surface area contributed by atoms with Gasteiger partial charge in [-0.15, -0.1) is 0 Å². The zero-order chi connectivity index (χ0) is 16.2. The first kappa shape index (κ1) is 15.7. The topological polar surface area (TPSA) is 68.5 Å². The summed E-state index contributed by atoms with van der Waals surface area (Å²) in [4.78, 5) is 18.2. The van der Waals surface area contributed by atoms with Gasteiger partial charge in [0, 0.05) is 12.5 Å². The van der Waals surface area contributed by atoms with E-state index in [1.165, 1.54) is 12.7 Å². The van der Waals surface area contributed by atoms with Crippen LogP contribution in [0.25, 0.3) is 0 Å². The number of methoxy groups -OCH3 is 1. The Labute approximate surface area is 135 Å². The number of hydrogen-bond donors (Lipinski definition) is 0. The van der Waals surface area contributed by atoms with Crippen LogP contribution in [0.5, 0.6) is 0 Å². The number of ether oxygens (including phenoxy) is 1.